The number of hydrogen-bond donors (Lipinski definition) is 1. The molecule has 0 unspecified atom stereocenters. The number of nitrogens with one attached hydrogen (secondary N) is 1. The number of sulfonamides is 1. The number of nitrogens with zero attached hydrogens (tertiary/aromatic N) is 1. The Labute approximate surface area is 227 Å². The molecule has 2 atom stereocenters. The minimum atomic E-state index is -3.87. The van der Waals surface area contributed by atoms with Crippen molar-refractivity contribution < 1.29 is 22.3 Å². The Morgan fingerprint density at radius 1 is 0.949 bits per heavy atom. The lowest BCUT2D eigenvalue weighted by atomic mass is 9.98. The molecule has 0 aliphatic carbocycles. The number of rotatable bonds is 7. The van der Waals surface area contributed by atoms with Crippen LogP contribution in [0.2, 0.25) is 0 Å². The van der Waals surface area contributed by atoms with Gasteiger partial charge in [-0.15, -0.1) is 0 Å². The first-order valence-corrected chi connectivity index (χ1v) is 14.2. The molecule has 0 fully saturated rings. The van der Waals surface area contributed by atoms with Gasteiger partial charge in [0.25, 0.3) is 0 Å². The van der Waals surface area contributed by atoms with E-state index in [2.05, 4.69) is 4.72 Å². The quantitative estimate of drug-likeness (QED) is 0.301. The lowest BCUT2D eigenvalue weighted by Gasteiger charge is -2.33. The summed E-state index contributed by atoms with van der Waals surface area (Å²) in [4.78, 5) is 15.6. The van der Waals surface area contributed by atoms with Crippen molar-refractivity contribution in [2.24, 2.45) is 0 Å². The van der Waals surface area contributed by atoms with Crippen LogP contribution in [0.4, 0.5) is 4.39 Å². The fraction of sp³-hybridized carbons (Fsp3) is 0.194. The van der Waals surface area contributed by atoms with E-state index in [1.807, 2.05) is 60.7 Å². The number of benzene rings is 4. The molecule has 1 heterocycles. The monoisotopic (exact) mass is 544 g/mol. The fourth-order valence-electron chi connectivity index (χ4n) is 4.82. The van der Waals surface area contributed by atoms with Gasteiger partial charge in [-0.25, -0.2) is 17.5 Å². The van der Waals surface area contributed by atoms with Crippen molar-refractivity contribution in [3.05, 3.63) is 120 Å². The molecule has 0 spiro atoms. The third-order valence-corrected chi connectivity index (χ3v) is 8.41. The molecule has 1 aliphatic heterocycles. The third-order valence-electron chi connectivity index (χ3n) is 6.89. The number of ether oxygens (including phenoxy) is 1. The molecule has 1 N–H and O–H groups in total. The summed E-state index contributed by atoms with van der Waals surface area (Å²) in [6, 6.07) is 25.0. The highest BCUT2D eigenvalue weighted by molar-refractivity contribution is 7.89. The van der Waals surface area contributed by atoms with Gasteiger partial charge in [0, 0.05) is 19.0 Å². The van der Waals surface area contributed by atoms with Crippen molar-refractivity contribution >= 4 is 26.7 Å². The Hall–Kier alpha value is -4.01. The van der Waals surface area contributed by atoms with E-state index in [4.69, 9.17) is 4.74 Å². The summed E-state index contributed by atoms with van der Waals surface area (Å²) in [6.45, 7) is 0.240. The van der Waals surface area contributed by atoms with Gasteiger partial charge in [-0.3, -0.25) is 4.79 Å². The second-order valence-electron chi connectivity index (χ2n) is 9.56. The van der Waals surface area contributed by atoms with Gasteiger partial charge in [-0.2, -0.15) is 0 Å². The standard InChI is InChI=1S/C31H29FN2O4S/c1-38-28-16-11-24(12-17-28)30-8-4-7-27(20-31(35)34(30)21-22-9-14-26(32)15-10-22)33-39(36,37)29-18-13-23-5-2-3-6-25(23)19-29/h2-6,8-19,27,30,33H,7,20-21H2,1H3/b8-4-/t27-,30+/m0/s1. The van der Waals surface area contributed by atoms with Crippen LogP contribution in [-0.4, -0.2) is 32.4 Å². The van der Waals surface area contributed by atoms with E-state index in [9.17, 15) is 17.6 Å². The van der Waals surface area contributed by atoms with Gasteiger partial charge in [0.15, 0.2) is 0 Å². The van der Waals surface area contributed by atoms with Crippen molar-refractivity contribution in [3.63, 3.8) is 0 Å². The van der Waals surface area contributed by atoms with Crippen LogP contribution >= 0.6 is 0 Å². The van der Waals surface area contributed by atoms with E-state index < -0.39 is 16.1 Å². The van der Waals surface area contributed by atoms with Crippen LogP contribution in [0.1, 0.15) is 30.0 Å². The van der Waals surface area contributed by atoms with Crippen LogP contribution in [0.3, 0.4) is 0 Å². The SMILES string of the molecule is COc1ccc([C@H]2/C=C\C[C@H](NS(=O)(=O)c3ccc4ccccc4c3)CC(=O)N2Cc2ccc(F)cc2)cc1. The topological polar surface area (TPSA) is 75.7 Å². The van der Waals surface area contributed by atoms with Gasteiger partial charge in [0.2, 0.25) is 15.9 Å². The number of fused-ring (bicyclic) bond motifs is 1. The van der Waals surface area contributed by atoms with E-state index in [-0.39, 0.29) is 35.6 Å². The molecule has 1 aliphatic rings. The first-order chi connectivity index (χ1) is 18.8. The number of hydrogen-bond acceptors (Lipinski definition) is 4. The summed E-state index contributed by atoms with van der Waals surface area (Å²) in [5, 5.41) is 1.77. The number of carbonyl (C=O) groups excluding carboxylic acids is 1. The van der Waals surface area contributed by atoms with Crippen LogP contribution in [-0.2, 0) is 21.4 Å². The second kappa shape index (κ2) is 11.4. The minimum absolute atomic E-state index is 0.0228. The Bertz CT molecular complexity index is 1600. The van der Waals surface area contributed by atoms with Crippen molar-refractivity contribution in [1.29, 1.82) is 0 Å². The molecule has 6 nitrogen and oxygen atoms in total. The molecular formula is C31H29FN2O4S. The van der Waals surface area contributed by atoms with Crippen molar-refractivity contribution in [2.45, 2.75) is 36.4 Å². The van der Waals surface area contributed by atoms with Crippen molar-refractivity contribution in [2.75, 3.05) is 7.11 Å². The highest BCUT2D eigenvalue weighted by Crippen LogP contribution is 2.30. The van der Waals surface area contributed by atoms with E-state index >= 15 is 0 Å². The lowest BCUT2D eigenvalue weighted by Crippen LogP contribution is -2.42. The Morgan fingerprint density at radius 3 is 2.38 bits per heavy atom. The number of methoxy groups -OCH3 is 1. The van der Waals surface area contributed by atoms with Gasteiger partial charge in [-0.1, -0.05) is 66.7 Å². The molecule has 0 bridgehead atoms. The van der Waals surface area contributed by atoms with Crippen LogP contribution in [0.25, 0.3) is 10.8 Å². The Kier molecular flexibility index (Phi) is 7.77. The summed E-state index contributed by atoms with van der Waals surface area (Å²) >= 11 is 0. The van der Waals surface area contributed by atoms with E-state index in [0.29, 0.717) is 12.2 Å². The highest BCUT2D eigenvalue weighted by atomic mass is 32.2. The predicted octanol–water partition coefficient (Wildman–Crippen LogP) is 5.75. The molecular weight excluding hydrogens is 515 g/mol. The molecule has 39 heavy (non-hydrogen) atoms. The molecule has 4 aromatic rings. The molecule has 0 saturated heterocycles. The van der Waals surface area contributed by atoms with Crippen LogP contribution in [0, 0.1) is 5.82 Å². The number of carbonyl (C=O) groups is 1. The van der Waals surface area contributed by atoms with Gasteiger partial charge >= 0.3 is 0 Å². The average Bonchev–Trinajstić information content (AvgIpc) is 2.94. The lowest BCUT2D eigenvalue weighted by molar-refractivity contribution is -0.134. The Balaban J connectivity index is 1.42. The first-order valence-electron chi connectivity index (χ1n) is 12.7. The zero-order valence-corrected chi connectivity index (χ0v) is 22.3. The maximum atomic E-state index is 13.7. The molecule has 0 radical (unpaired) electrons. The van der Waals surface area contributed by atoms with Crippen LogP contribution in [0.5, 0.6) is 5.75 Å². The van der Waals surface area contributed by atoms with Gasteiger partial charge < -0.3 is 9.64 Å². The van der Waals surface area contributed by atoms with Crippen molar-refractivity contribution in [3.8, 4) is 5.75 Å². The first kappa shape index (κ1) is 26.6. The zero-order chi connectivity index (χ0) is 27.4. The molecule has 1 amide bonds. The smallest absolute Gasteiger partial charge is 0.240 e. The van der Waals surface area contributed by atoms with Crippen LogP contribution < -0.4 is 9.46 Å². The fourth-order valence-corrected chi connectivity index (χ4v) is 6.10. The molecule has 200 valence electrons. The summed E-state index contributed by atoms with van der Waals surface area (Å²) in [5.74, 6) is 0.136. The van der Waals surface area contributed by atoms with Crippen LogP contribution in [0.15, 0.2) is 108 Å². The maximum absolute atomic E-state index is 13.7. The normalized spacial score (nSPS) is 18.9. The van der Waals surface area contributed by atoms with E-state index in [1.54, 1.807) is 42.3 Å². The summed E-state index contributed by atoms with van der Waals surface area (Å²) in [7, 11) is -2.28. The predicted molar refractivity (Wildman–Crippen MR) is 149 cm³/mol. The summed E-state index contributed by atoms with van der Waals surface area (Å²) < 4.78 is 48.1. The number of amides is 1. The van der Waals surface area contributed by atoms with E-state index in [1.165, 1.54) is 12.1 Å². The van der Waals surface area contributed by atoms with Gasteiger partial charge in [-0.05, 0) is 64.7 Å². The summed E-state index contributed by atoms with van der Waals surface area (Å²) in [6.07, 6.45) is 4.16. The summed E-state index contributed by atoms with van der Waals surface area (Å²) in [5.41, 5.74) is 1.66. The third kappa shape index (κ3) is 6.19. The zero-order valence-electron chi connectivity index (χ0n) is 21.5. The van der Waals surface area contributed by atoms with E-state index in [0.717, 1.165) is 21.9 Å². The molecule has 5 rings (SSSR count). The molecule has 8 heteroatoms. The molecule has 0 saturated carbocycles. The maximum Gasteiger partial charge on any atom is 0.240 e. The van der Waals surface area contributed by atoms with Gasteiger partial charge in [0.1, 0.15) is 11.6 Å². The van der Waals surface area contributed by atoms with Gasteiger partial charge in [0.05, 0.1) is 18.0 Å². The minimum Gasteiger partial charge on any atom is -0.497 e. The van der Waals surface area contributed by atoms with Crippen molar-refractivity contribution in [1.82, 2.24) is 9.62 Å². The molecule has 4 aromatic carbocycles. The second-order valence-corrected chi connectivity index (χ2v) is 11.3. The molecule has 0 aromatic heterocycles. The highest BCUT2D eigenvalue weighted by Gasteiger charge is 2.30. The number of halogens is 1. The average molecular weight is 545 g/mol. The Morgan fingerprint density at radius 2 is 1.67 bits per heavy atom. The largest absolute Gasteiger partial charge is 0.497 e.